The van der Waals surface area contributed by atoms with Crippen LogP contribution in [0.5, 0.6) is 17.2 Å². The third-order valence-electron chi connectivity index (χ3n) is 2.67. The number of nitrogens with two attached hydrogens (primary N) is 1. The maximum absolute atomic E-state index is 9.12. The van der Waals surface area contributed by atoms with Crippen molar-refractivity contribution in [3.63, 3.8) is 0 Å². The molecule has 0 aliphatic carbocycles. The molecule has 2 N–H and O–H groups in total. The smallest absolute Gasteiger partial charge is 0.145 e. The van der Waals surface area contributed by atoms with Gasteiger partial charge in [-0.2, -0.15) is 5.26 Å². The van der Waals surface area contributed by atoms with Gasteiger partial charge in [-0.25, -0.2) is 0 Å². The Morgan fingerprint density at radius 2 is 1.95 bits per heavy atom. The highest BCUT2D eigenvalue weighted by atomic mass is 16.5. The molecule has 0 aromatic heterocycles. The molecule has 0 saturated carbocycles. The summed E-state index contributed by atoms with van der Waals surface area (Å²) >= 11 is 0. The Morgan fingerprint density at radius 1 is 1.16 bits per heavy atom. The van der Waals surface area contributed by atoms with E-state index in [1.165, 1.54) is 0 Å². The quantitative estimate of drug-likeness (QED) is 0.910. The number of rotatable bonds is 4. The molecule has 2 aromatic carbocycles. The third-order valence-corrected chi connectivity index (χ3v) is 2.67. The molecular weight excluding hydrogens is 240 g/mol. The van der Waals surface area contributed by atoms with Crippen molar-refractivity contribution in [2.24, 2.45) is 5.73 Å². The Labute approximate surface area is 112 Å². The number of nitrogens with zero attached hydrogens (tertiary/aromatic N) is 1. The van der Waals surface area contributed by atoms with Crippen molar-refractivity contribution in [1.82, 2.24) is 0 Å². The lowest BCUT2D eigenvalue weighted by Gasteiger charge is -2.09. The molecule has 0 bridgehead atoms. The van der Waals surface area contributed by atoms with Crippen LogP contribution in [0.2, 0.25) is 0 Å². The van der Waals surface area contributed by atoms with Gasteiger partial charge in [0, 0.05) is 12.6 Å². The first-order chi connectivity index (χ1) is 9.26. The zero-order valence-corrected chi connectivity index (χ0v) is 10.6. The van der Waals surface area contributed by atoms with Crippen LogP contribution in [0.15, 0.2) is 42.5 Å². The van der Waals surface area contributed by atoms with Crippen LogP contribution in [0, 0.1) is 11.3 Å². The Hall–Kier alpha value is -2.51. The standard InChI is InChI=1S/C15H14N2O2/c1-18-13-3-2-4-14(8-13)19-15-6-5-11(9-16)7-12(15)10-17/h2-8H,9,16H2,1H3. The minimum Gasteiger partial charge on any atom is -0.497 e. The van der Waals surface area contributed by atoms with Gasteiger partial charge >= 0.3 is 0 Å². The highest BCUT2D eigenvalue weighted by Crippen LogP contribution is 2.28. The molecule has 0 spiro atoms. The van der Waals surface area contributed by atoms with Crippen molar-refractivity contribution in [2.45, 2.75) is 6.54 Å². The van der Waals surface area contributed by atoms with Crippen LogP contribution in [0.1, 0.15) is 11.1 Å². The molecule has 4 nitrogen and oxygen atoms in total. The van der Waals surface area contributed by atoms with Crippen molar-refractivity contribution in [1.29, 1.82) is 5.26 Å². The maximum atomic E-state index is 9.12. The van der Waals surface area contributed by atoms with Gasteiger partial charge in [0.1, 0.15) is 23.3 Å². The summed E-state index contributed by atoms with van der Waals surface area (Å²) in [5.41, 5.74) is 6.91. The van der Waals surface area contributed by atoms with Gasteiger partial charge in [-0.05, 0) is 29.8 Å². The summed E-state index contributed by atoms with van der Waals surface area (Å²) in [5.74, 6) is 1.83. The van der Waals surface area contributed by atoms with Gasteiger partial charge in [0.15, 0.2) is 0 Å². The molecule has 19 heavy (non-hydrogen) atoms. The fourth-order valence-corrected chi connectivity index (χ4v) is 1.67. The van der Waals surface area contributed by atoms with E-state index in [0.29, 0.717) is 29.4 Å². The predicted molar refractivity (Wildman–Crippen MR) is 72.1 cm³/mol. The second kappa shape index (κ2) is 5.89. The van der Waals surface area contributed by atoms with Gasteiger partial charge in [-0.3, -0.25) is 0 Å². The predicted octanol–water partition coefficient (Wildman–Crippen LogP) is 2.82. The normalized spacial score (nSPS) is 9.74. The monoisotopic (exact) mass is 254 g/mol. The second-order valence-corrected chi connectivity index (χ2v) is 3.93. The molecule has 2 aromatic rings. The summed E-state index contributed by atoms with van der Waals surface area (Å²) in [5, 5.41) is 9.12. The number of nitriles is 1. The number of hydrogen-bond donors (Lipinski definition) is 1. The van der Waals surface area contributed by atoms with Gasteiger partial charge in [0.25, 0.3) is 0 Å². The van der Waals surface area contributed by atoms with E-state index < -0.39 is 0 Å². The molecule has 96 valence electrons. The van der Waals surface area contributed by atoms with Crippen molar-refractivity contribution in [3.05, 3.63) is 53.6 Å². The van der Waals surface area contributed by atoms with Crippen molar-refractivity contribution < 1.29 is 9.47 Å². The van der Waals surface area contributed by atoms with E-state index in [4.69, 9.17) is 20.5 Å². The van der Waals surface area contributed by atoms with Crippen LogP contribution in [-0.4, -0.2) is 7.11 Å². The van der Waals surface area contributed by atoms with Crippen molar-refractivity contribution in [2.75, 3.05) is 7.11 Å². The first kappa shape index (κ1) is 12.9. The molecular formula is C15H14N2O2. The molecule has 0 heterocycles. The third kappa shape index (κ3) is 3.03. The van der Waals surface area contributed by atoms with Gasteiger partial charge < -0.3 is 15.2 Å². The molecule has 0 radical (unpaired) electrons. The van der Waals surface area contributed by atoms with Crippen LogP contribution in [-0.2, 0) is 6.54 Å². The maximum Gasteiger partial charge on any atom is 0.145 e. The first-order valence-corrected chi connectivity index (χ1v) is 5.82. The van der Waals surface area contributed by atoms with Crippen LogP contribution in [0.3, 0.4) is 0 Å². The highest BCUT2D eigenvalue weighted by molar-refractivity contribution is 5.48. The molecule has 0 saturated heterocycles. The molecule has 2 rings (SSSR count). The highest BCUT2D eigenvalue weighted by Gasteiger charge is 2.06. The molecule has 0 aliphatic rings. The van der Waals surface area contributed by atoms with Crippen LogP contribution in [0.4, 0.5) is 0 Å². The average Bonchev–Trinajstić information content (AvgIpc) is 2.48. The van der Waals surface area contributed by atoms with Crippen molar-refractivity contribution in [3.8, 4) is 23.3 Å². The summed E-state index contributed by atoms with van der Waals surface area (Å²) < 4.78 is 10.8. The molecule has 4 heteroatoms. The van der Waals surface area contributed by atoms with E-state index in [1.54, 1.807) is 31.4 Å². The van der Waals surface area contributed by atoms with Gasteiger partial charge in [-0.1, -0.05) is 12.1 Å². The lowest BCUT2D eigenvalue weighted by molar-refractivity contribution is 0.409. The van der Waals surface area contributed by atoms with Gasteiger partial charge in [-0.15, -0.1) is 0 Å². The second-order valence-electron chi connectivity index (χ2n) is 3.93. The number of ether oxygens (including phenoxy) is 2. The topological polar surface area (TPSA) is 68.3 Å². The summed E-state index contributed by atoms with van der Waals surface area (Å²) in [6.07, 6.45) is 0. The first-order valence-electron chi connectivity index (χ1n) is 5.82. The minimum absolute atomic E-state index is 0.397. The van der Waals surface area contributed by atoms with E-state index in [0.717, 1.165) is 5.56 Å². The largest absolute Gasteiger partial charge is 0.497 e. The molecule has 0 amide bonds. The lowest BCUT2D eigenvalue weighted by atomic mass is 10.1. The Balaban J connectivity index is 2.30. The van der Waals surface area contributed by atoms with Crippen LogP contribution < -0.4 is 15.2 Å². The number of methoxy groups -OCH3 is 1. The van der Waals surface area contributed by atoms with E-state index >= 15 is 0 Å². The van der Waals surface area contributed by atoms with Crippen LogP contribution >= 0.6 is 0 Å². The van der Waals surface area contributed by atoms with Gasteiger partial charge in [0.2, 0.25) is 0 Å². The summed E-state index contributed by atoms with van der Waals surface area (Å²) in [6, 6.07) is 14.7. The Kier molecular flexibility index (Phi) is 4.01. The lowest BCUT2D eigenvalue weighted by Crippen LogP contribution is -1.97. The fraction of sp³-hybridized carbons (Fsp3) is 0.133. The van der Waals surface area contributed by atoms with E-state index in [9.17, 15) is 0 Å². The average molecular weight is 254 g/mol. The number of benzene rings is 2. The number of hydrogen-bond acceptors (Lipinski definition) is 4. The molecule has 0 atom stereocenters. The van der Waals surface area contributed by atoms with Crippen LogP contribution in [0.25, 0.3) is 0 Å². The fourth-order valence-electron chi connectivity index (χ4n) is 1.67. The van der Waals surface area contributed by atoms with E-state index in [1.807, 2.05) is 18.2 Å². The zero-order chi connectivity index (χ0) is 13.7. The Morgan fingerprint density at radius 3 is 2.63 bits per heavy atom. The molecule has 0 aliphatic heterocycles. The molecule has 0 unspecified atom stereocenters. The van der Waals surface area contributed by atoms with Crippen molar-refractivity contribution >= 4 is 0 Å². The molecule has 0 fully saturated rings. The summed E-state index contributed by atoms with van der Waals surface area (Å²) in [6.45, 7) is 0.397. The van der Waals surface area contributed by atoms with E-state index in [-0.39, 0.29) is 0 Å². The summed E-state index contributed by atoms with van der Waals surface area (Å²) in [7, 11) is 1.59. The SMILES string of the molecule is COc1cccc(Oc2ccc(CN)cc2C#N)c1. The summed E-state index contributed by atoms with van der Waals surface area (Å²) in [4.78, 5) is 0. The van der Waals surface area contributed by atoms with E-state index in [2.05, 4.69) is 6.07 Å². The zero-order valence-electron chi connectivity index (χ0n) is 10.6. The minimum atomic E-state index is 0.397. The Bertz CT molecular complexity index is 618. The van der Waals surface area contributed by atoms with Gasteiger partial charge in [0.05, 0.1) is 12.7 Å².